The molecule has 0 saturated carbocycles. The predicted octanol–water partition coefficient (Wildman–Crippen LogP) is 3.64. The Kier molecular flexibility index (Phi) is 7.83. The topological polar surface area (TPSA) is 96.9 Å². The Hall–Kier alpha value is -3.39. The van der Waals surface area contributed by atoms with Crippen molar-refractivity contribution in [3.05, 3.63) is 65.8 Å². The first kappa shape index (κ1) is 23.3. The number of aromatic nitrogens is 1. The molecule has 0 unspecified atom stereocenters. The van der Waals surface area contributed by atoms with Crippen LogP contribution in [0, 0.1) is 6.92 Å². The van der Waals surface area contributed by atoms with Crippen molar-refractivity contribution >= 4 is 23.3 Å². The highest BCUT2D eigenvalue weighted by Crippen LogP contribution is 2.34. The molecule has 0 atom stereocenters. The zero-order valence-corrected chi connectivity index (χ0v) is 19.1. The molecule has 9 heteroatoms. The predicted molar refractivity (Wildman–Crippen MR) is 127 cm³/mol. The molecule has 3 rings (SSSR count). The molecule has 32 heavy (non-hydrogen) atoms. The van der Waals surface area contributed by atoms with Crippen LogP contribution in [0.1, 0.15) is 5.89 Å². The average molecular weight is 458 g/mol. The fourth-order valence-corrected chi connectivity index (χ4v) is 3.46. The van der Waals surface area contributed by atoms with Gasteiger partial charge in [-0.3, -0.25) is 0 Å². The van der Waals surface area contributed by atoms with Gasteiger partial charge < -0.3 is 30.0 Å². The van der Waals surface area contributed by atoms with Crippen LogP contribution in [0.25, 0.3) is 11.3 Å². The Morgan fingerprint density at radius 3 is 2.69 bits per heavy atom. The maximum Gasteiger partial charge on any atom is 0.317 e. The molecule has 1 aromatic carbocycles. The number of ether oxygens (including phenoxy) is 1. The quantitative estimate of drug-likeness (QED) is 0.616. The van der Waals surface area contributed by atoms with Gasteiger partial charge in [0.1, 0.15) is 5.75 Å². The van der Waals surface area contributed by atoms with Gasteiger partial charge in [0.05, 0.1) is 18.9 Å². The van der Waals surface area contributed by atoms with E-state index in [9.17, 15) is 4.79 Å². The van der Waals surface area contributed by atoms with Crippen LogP contribution >= 0.6 is 11.6 Å². The zero-order chi connectivity index (χ0) is 23.1. The summed E-state index contributed by atoms with van der Waals surface area (Å²) in [6.07, 6.45) is 6.49. The molecule has 0 spiro atoms. The Bertz CT molecular complexity index is 1020. The van der Waals surface area contributed by atoms with Gasteiger partial charge in [-0.05, 0) is 30.0 Å². The average Bonchev–Trinajstić information content (AvgIpc) is 3.24. The van der Waals surface area contributed by atoms with Gasteiger partial charge in [-0.1, -0.05) is 24.3 Å². The van der Waals surface area contributed by atoms with E-state index >= 15 is 0 Å². The number of halogens is 1. The largest absolute Gasteiger partial charge is 0.496 e. The van der Waals surface area contributed by atoms with E-state index in [2.05, 4.69) is 21.8 Å². The molecule has 2 heterocycles. The molecule has 0 bridgehead atoms. The molecule has 3 N–H and O–H groups in total. The summed E-state index contributed by atoms with van der Waals surface area (Å²) in [5.74, 6) is 1.99. The molecule has 0 radical (unpaired) electrons. The number of amides is 2. The number of nitrogens with one attached hydrogen (secondary N) is 1. The Morgan fingerprint density at radius 1 is 1.34 bits per heavy atom. The lowest BCUT2D eigenvalue weighted by Crippen LogP contribution is -2.52. The minimum atomic E-state index is -0.129. The Labute approximate surface area is 193 Å². The Balaban J connectivity index is 1.57. The van der Waals surface area contributed by atoms with Crippen molar-refractivity contribution in [3.8, 4) is 17.1 Å². The summed E-state index contributed by atoms with van der Waals surface area (Å²) >= 11 is 5.72. The smallest absolute Gasteiger partial charge is 0.317 e. The van der Waals surface area contributed by atoms with E-state index in [-0.39, 0.29) is 6.03 Å². The number of nitrogens with zero attached hydrogens (tertiary/aromatic N) is 3. The molecule has 2 aromatic rings. The van der Waals surface area contributed by atoms with Crippen molar-refractivity contribution in [1.29, 1.82) is 0 Å². The summed E-state index contributed by atoms with van der Waals surface area (Å²) in [7, 11) is 1.64. The fourth-order valence-electron chi connectivity index (χ4n) is 3.39. The first-order valence-electron chi connectivity index (χ1n) is 10.2. The van der Waals surface area contributed by atoms with Crippen molar-refractivity contribution in [2.24, 2.45) is 5.73 Å². The van der Waals surface area contributed by atoms with E-state index < -0.39 is 0 Å². The number of hydrogen-bond acceptors (Lipinski definition) is 6. The van der Waals surface area contributed by atoms with E-state index in [1.54, 1.807) is 37.3 Å². The molecule has 8 nitrogen and oxygen atoms in total. The fraction of sp³-hybridized carbons (Fsp3) is 0.304. The molecule has 1 aliphatic rings. The third-order valence-electron chi connectivity index (χ3n) is 5.14. The van der Waals surface area contributed by atoms with Crippen LogP contribution in [-0.2, 0) is 0 Å². The van der Waals surface area contributed by atoms with Crippen LogP contribution in [0.2, 0.25) is 0 Å². The van der Waals surface area contributed by atoms with Crippen molar-refractivity contribution in [2.75, 3.05) is 44.7 Å². The van der Waals surface area contributed by atoms with Gasteiger partial charge in [0, 0.05) is 56.4 Å². The van der Waals surface area contributed by atoms with Crippen LogP contribution in [0.4, 0.5) is 10.5 Å². The van der Waals surface area contributed by atoms with Gasteiger partial charge in [0.2, 0.25) is 0 Å². The minimum absolute atomic E-state index is 0.129. The van der Waals surface area contributed by atoms with Gasteiger partial charge in [0.25, 0.3) is 0 Å². The number of piperazine rings is 1. The number of oxazole rings is 1. The van der Waals surface area contributed by atoms with Gasteiger partial charge in [0.15, 0.2) is 11.7 Å². The van der Waals surface area contributed by atoms with Crippen molar-refractivity contribution in [1.82, 2.24) is 15.2 Å². The van der Waals surface area contributed by atoms with Gasteiger partial charge in [-0.2, -0.15) is 0 Å². The van der Waals surface area contributed by atoms with Crippen molar-refractivity contribution in [3.63, 3.8) is 0 Å². The van der Waals surface area contributed by atoms with E-state index in [1.807, 2.05) is 18.2 Å². The monoisotopic (exact) mass is 457 g/mol. The summed E-state index contributed by atoms with van der Waals surface area (Å²) in [5, 5.41) is 3.28. The highest BCUT2D eigenvalue weighted by atomic mass is 35.5. The zero-order valence-electron chi connectivity index (χ0n) is 18.3. The molecular weight excluding hydrogens is 430 g/mol. The number of benzene rings is 1. The third-order valence-corrected chi connectivity index (χ3v) is 5.27. The number of urea groups is 1. The van der Waals surface area contributed by atoms with Crippen LogP contribution in [0.15, 0.2) is 64.3 Å². The maximum atomic E-state index is 12.5. The molecule has 170 valence electrons. The second kappa shape index (κ2) is 10.8. The molecule has 1 aliphatic heterocycles. The van der Waals surface area contributed by atoms with E-state index in [0.29, 0.717) is 55.2 Å². The summed E-state index contributed by atoms with van der Waals surface area (Å²) in [4.78, 5) is 20.7. The number of carbonyl (C=O) groups excluding carboxylic acids is 1. The van der Waals surface area contributed by atoms with Crippen molar-refractivity contribution in [2.45, 2.75) is 6.92 Å². The number of rotatable bonds is 7. The lowest BCUT2D eigenvalue weighted by atomic mass is 10.1. The number of hydrogen-bond donors (Lipinski definition) is 2. The lowest BCUT2D eigenvalue weighted by Gasteiger charge is -2.36. The van der Waals surface area contributed by atoms with Gasteiger partial charge in [-0.15, -0.1) is 0 Å². The van der Waals surface area contributed by atoms with Crippen LogP contribution in [0.3, 0.4) is 0 Å². The van der Waals surface area contributed by atoms with Gasteiger partial charge >= 0.3 is 6.03 Å². The molecule has 1 fully saturated rings. The molecule has 1 aromatic heterocycles. The number of allylic oxidation sites excluding steroid dienone is 2. The summed E-state index contributed by atoms with van der Waals surface area (Å²) in [5.41, 5.74) is 8.23. The number of anilines is 1. The standard InChI is InChI=1S/C23H28ClN5O3/c1-16(24)4-5-18(13-25)14-27-23(30)29-10-8-28(9-11-29)19-6-7-20(21(12-19)31-3)22-15-26-17(2)32-22/h4-7,12-13,15H,1,8-11,14,25H2,2-3H3,(H,27,30)/b5-4-,18-13+. The van der Waals surface area contributed by atoms with E-state index in [1.165, 1.54) is 6.20 Å². The molecule has 0 aliphatic carbocycles. The molecule has 1 saturated heterocycles. The second-order valence-electron chi connectivity index (χ2n) is 7.28. The SMILES string of the molecule is C=C(Cl)/C=C\C(=C/N)CNC(=O)N1CCN(c2ccc(-c3cnc(C)o3)c(OC)c2)CC1. The highest BCUT2D eigenvalue weighted by molar-refractivity contribution is 6.30. The normalized spacial score (nSPS) is 14.7. The second-order valence-corrected chi connectivity index (χ2v) is 7.77. The number of carbonyl (C=O) groups is 1. The first-order valence-corrected chi connectivity index (χ1v) is 10.6. The molecule has 2 amide bonds. The maximum absolute atomic E-state index is 12.5. The lowest BCUT2D eigenvalue weighted by molar-refractivity contribution is 0.195. The third kappa shape index (κ3) is 5.85. The summed E-state index contributed by atoms with van der Waals surface area (Å²) < 4.78 is 11.2. The first-order chi connectivity index (χ1) is 15.4. The summed E-state index contributed by atoms with van der Waals surface area (Å²) in [6, 6.07) is 5.85. The van der Waals surface area contributed by atoms with E-state index in [4.69, 9.17) is 26.5 Å². The number of nitrogens with two attached hydrogens (primary N) is 1. The van der Waals surface area contributed by atoms with Crippen LogP contribution < -0.4 is 20.7 Å². The van der Waals surface area contributed by atoms with Crippen molar-refractivity contribution < 1.29 is 13.9 Å². The Morgan fingerprint density at radius 2 is 2.09 bits per heavy atom. The minimum Gasteiger partial charge on any atom is -0.496 e. The van der Waals surface area contributed by atoms with Crippen LogP contribution in [-0.4, -0.2) is 55.7 Å². The highest BCUT2D eigenvalue weighted by Gasteiger charge is 2.22. The number of methoxy groups -OCH3 is 1. The summed E-state index contributed by atoms with van der Waals surface area (Å²) in [6.45, 7) is 8.34. The van der Waals surface area contributed by atoms with Crippen LogP contribution in [0.5, 0.6) is 5.75 Å². The molecular formula is C23H28ClN5O3. The van der Waals surface area contributed by atoms with Gasteiger partial charge in [-0.25, -0.2) is 9.78 Å². The van der Waals surface area contributed by atoms with E-state index in [0.717, 1.165) is 16.8 Å². The number of aryl methyl sites for hydroxylation is 1.